The Labute approximate surface area is 138 Å². The van der Waals surface area contributed by atoms with E-state index in [4.69, 9.17) is 16.3 Å². The molecule has 2 rings (SSSR count). The number of carbonyl (C=O) groups excluding carboxylic acids is 1. The van der Waals surface area contributed by atoms with Gasteiger partial charge in [-0.05, 0) is 24.3 Å². The summed E-state index contributed by atoms with van der Waals surface area (Å²) in [7, 11) is 0. The third kappa shape index (κ3) is 5.27. The van der Waals surface area contributed by atoms with E-state index in [1.54, 1.807) is 42.5 Å². The van der Waals surface area contributed by atoms with Crippen LogP contribution in [0.15, 0.2) is 48.5 Å². The molecule has 0 aliphatic rings. The molecule has 1 amide bonds. The van der Waals surface area contributed by atoms with Crippen molar-refractivity contribution in [3.05, 3.63) is 69.2 Å². The highest BCUT2D eigenvalue weighted by atomic mass is 35.5. The van der Waals surface area contributed by atoms with E-state index in [0.29, 0.717) is 29.5 Å². The average molecular weight is 335 g/mol. The van der Waals surface area contributed by atoms with Gasteiger partial charge in [0.2, 0.25) is 5.91 Å². The Bertz CT molecular complexity index is 689. The predicted molar refractivity (Wildman–Crippen MR) is 86.8 cm³/mol. The summed E-state index contributed by atoms with van der Waals surface area (Å²) in [6.07, 6.45) is -0.0436. The molecule has 0 fully saturated rings. The first kappa shape index (κ1) is 16.8. The monoisotopic (exact) mass is 334 g/mol. The van der Waals surface area contributed by atoms with Crippen LogP contribution in [0.1, 0.15) is 5.56 Å². The van der Waals surface area contributed by atoms with Gasteiger partial charge in [-0.2, -0.15) is 0 Å². The number of hydrogen-bond donors (Lipinski definition) is 1. The highest BCUT2D eigenvalue weighted by molar-refractivity contribution is 6.30. The van der Waals surface area contributed by atoms with Gasteiger partial charge in [0.25, 0.3) is 5.69 Å². The summed E-state index contributed by atoms with van der Waals surface area (Å²) in [5.41, 5.74) is 0.327. The van der Waals surface area contributed by atoms with Crippen LogP contribution in [0.25, 0.3) is 0 Å². The van der Waals surface area contributed by atoms with E-state index in [9.17, 15) is 14.9 Å². The standard InChI is InChI=1S/C16H15ClN2O4/c17-13-5-7-14(8-6-13)23-10-9-18-16(20)11-12-3-1-2-4-15(12)19(21)22/h1-8H,9-11H2,(H,18,20). The van der Waals surface area contributed by atoms with E-state index in [2.05, 4.69) is 5.32 Å². The molecule has 0 saturated heterocycles. The van der Waals surface area contributed by atoms with Gasteiger partial charge in [-0.1, -0.05) is 29.8 Å². The number of para-hydroxylation sites is 1. The first-order chi connectivity index (χ1) is 11.1. The van der Waals surface area contributed by atoms with E-state index in [-0.39, 0.29) is 18.0 Å². The summed E-state index contributed by atoms with van der Waals surface area (Å²) < 4.78 is 5.44. The number of nitro groups is 1. The SMILES string of the molecule is O=C(Cc1ccccc1[N+](=O)[O-])NCCOc1ccc(Cl)cc1. The lowest BCUT2D eigenvalue weighted by atomic mass is 10.1. The average Bonchev–Trinajstić information content (AvgIpc) is 2.53. The number of nitrogens with one attached hydrogen (secondary N) is 1. The molecule has 120 valence electrons. The first-order valence-corrected chi connectivity index (χ1v) is 7.31. The Morgan fingerprint density at radius 1 is 1.17 bits per heavy atom. The topological polar surface area (TPSA) is 81.5 Å². The van der Waals surface area contributed by atoms with Crippen LogP contribution in [0, 0.1) is 10.1 Å². The second kappa shape index (κ2) is 8.14. The highest BCUT2D eigenvalue weighted by Crippen LogP contribution is 2.18. The van der Waals surface area contributed by atoms with Crippen LogP contribution in [-0.4, -0.2) is 24.0 Å². The van der Waals surface area contributed by atoms with E-state index in [0.717, 1.165) is 0 Å². The van der Waals surface area contributed by atoms with E-state index < -0.39 is 4.92 Å². The van der Waals surface area contributed by atoms with Crippen molar-refractivity contribution >= 4 is 23.2 Å². The lowest BCUT2D eigenvalue weighted by Crippen LogP contribution is -2.29. The quantitative estimate of drug-likeness (QED) is 0.479. The van der Waals surface area contributed by atoms with Gasteiger partial charge in [0.05, 0.1) is 17.9 Å². The van der Waals surface area contributed by atoms with E-state index in [1.165, 1.54) is 6.07 Å². The Kier molecular flexibility index (Phi) is 5.94. The molecule has 2 aromatic carbocycles. The van der Waals surface area contributed by atoms with Crippen LogP contribution in [-0.2, 0) is 11.2 Å². The molecular weight excluding hydrogens is 320 g/mol. The number of nitro benzene ring substituents is 1. The number of carbonyl (C=O) groups is 1. The molecule has 0 aliphatic heterocycles. The summed E-state index contributed by atoms with van der Waals surface area (Å²) >= 11 is 5.77. The van der Waals surface area contributed by atoms with Crippen molar-refractivity contribution in [3.63, 3.8) is 0 Å². The van der Waals surface area contributed by atoms with Crippen LogP contribution in [0.3, 0.4) is 0 Å². The zero-order valence-corrected chi connectivity index (χ0v) is 13.0. The van der Waals surface area contributed by atoms with Crippen LogP contribution in [0.5, 0.6) is 5.75 Å². The molecule has 0 radical (unpaired) electrons. The van der Waals surface area contributed by atoms with Crippen LogP contribution in [0.4, 0.5) is 5.69 Å². The molecular formula is C16H15ClN2O4. The summed E-state index contributed by atoms with van der Waals surface area (Å²) in [4.78, 5) is 22.2. The summed E-state index contributed by atoms with van der Waals surface area (Å²) in [6, 6.07) is 13.1. The van der Waals surface area contributed by atoms with Gasteiger partial charge in [0.15, 0.2) is 0 Å². The van der Waals surface area contributed by atoms with E-state index >= 15 is 0 Å². The molecule has 0 spiro atoms. The zero-order valence-electron chi connectivity index (χ0n) is 12.2. The predicted octanol–water partition coefficient (Wildman–Crippen LogP) is 2.99. The third-order valence-electron chi connectivity index (χ3n) is 3.05. The maximum atomic E-state index is 11.8. The molecule has 0 aliphatic carbocycles. The molecule has 6 nitrogen and oxygen atoms in total. The van der Waals surface area contributed by atoms with Crippen molar-refractivity contribution in [1.82, 2.24) is 5.32 Å². The van der Waals surface area contributed by atoms with E-state index in [1.807, 2.05) is 0 Å². The fourth-order valence-electron chi connectivity index (χ4n) is 1.96. The minimum absolute atomic E-state index is 0.0436. The Morgan fingerprint density at radius 3 is 2.57 bits per heavy atom. The fourth-order valence-corrected chi connectivity index (χ4v) is 2.09. The van der Waals surface area contributed by atoms with Crippen molar-refractivity contribution in [2.24, 2.45) is 0 Å². The molecule has 0 aromatic heterocycles. The van der Waals surface area contributed by atoms with Crippen molar-refractivity contribution in [2.45, 2.75) is 6.42 Å². The highest BCUT2D eigenvalue weighted by Gasteiger charge is 2.15. The van der Waals surface area contributed by atoms with Crippen molar-refractivity contribution < 1.29 is 14.5 Å². The number of benzene rings is 2. The molecule has 2 aromatic rings. The van der Waals surface area contributed by atoms with Gasteiger partial charge in [0, 0.05) is 16.7 Å². The maximum absolute atomic E-state index is 11.8. The number of halogens is 1. The van der Waals surface area contributed by atoms with Gasteiger partial charge < -0.3 is 10.1 Å². The van der Waals surface area contributed by atoms with Crippen molar-refractivity contribution in [2.75, 3.05) is 13.2 Å². The molecule has 1 N–H and O–H groups in total. The van der Waals surface area contributed by atoms with Gasteiger partial charge in [-0.25, -0.2) is 0 Å². The molecule has 7 heteroatoms. The zero-order chi connectivity index (χ0) is 16.7. The van der Waals surface area contributed by atoms with Gasteiger partial charge in [-0.15, -0.1) is 0 Å². The maximum Gasteiger partial charge on any atom is 0.273 e. The Morgan fingerprint density at radius 2 is 1.87 bits per heavy atom. The van der Waals surface area contributed by atoms with Gasteiger partial charge in [-0.3, -0.25) is 14.9 Å². The van der Waals surface area contributed by atoms with Gasteiger partial charge >= 0.3 is 0 Å². The third-order valence-corrected chi connectivity index (χ3v) is 3.30. The van der Waals surface area contributed by atoms with Crippen LogP contribution < -0.4 is 10.1 Å². The molecule has 0 unspecified atom stereocenters. The fraction of sp³-hybridized carbons (Fsp3) is 0.188. The van der Waals surface area contributed by atoms with Crippen molar-refractivity contribution in [3.8, 4) is 5.75 Å². The molecule has 0 saturated carbocycles. The largest absolute Gasteiger partial charge is 0.492 e. The second-order valence-corrected chi connectivity index (χ2v) is 5.15. The number of ether oxygens (including phenoxy) is 1. The Hall–Kier alpha value is -2.60. The van der Waals surface area contributed by atoms with Crippen LogP contribution >= 0.6 is 11.6 Å². The summed E-state index contributed by atoms with van der Waals surface area (Å²) in [6.45, 7) is 0.604. The lowest BCUT2D eigenvalue weighted by molar-refractivity contribution is -0.385. The van der Waals surface area contributed by atoms with Crippen molar-refractivity contribution in [1.29, 1.82) is 0 Å². The number of nitrogens with zero attached hydrogens (tertiary/aromatic N) is 1. The molecule has 0 atom stereocenters. The van der Waals surface area contributed by atoms with Gasteiger partial charge in [0.1, 0.15) is 12.4 Å². The lowest BCUT2D eigenvalue weighted by Gasteiger charge is -2.08. The summed E-state index contributed by atoms with van der Waals surface area (Å²) in [5.74, 6) is 0.362. The smallest absolute Gasteiger partial charge is 0.273 e. The minimum atomic E-state index is -0.494. The Balaban J connectivity index is 1.77. The molecule has 23 heavy (non-hydrogen) atoms. The number of hydrogen-bond acceptors (Lipinski definition) is 4. The summed E-state index contributed by atoms with van der Waals surface area (Å²) in [5, 5.41) is 14.2. The van der Waals surface area contributed by atoms with Crippen LogP contribution in [0.2, 0.25) is 5.02 Å². The molecule has 0 heterocycles. The minimum Gasteiger partial charge on any atom is -0.492 e. The number of rotatable bonds is 7. The number of amides is 1. The normalized spacial score (nSPS) is 10.1. The second-order valence-electron chi connectivity index (χ2n) is 4.71. The first-order valence-electron chi connectivity index (χ1n) is 6.93. The molecule has 0 bridgehead atoms.